The number of halogens is 2. The van der Waals surface area contributed by atoms with E-state index in [-0.39, 0.29) is 5.69 Å². The van der Waals surface area contributed by atoms with Gasteiger partial charge in [-0.05, 0) is 24.3 Å². The van der Waals surface area contributed by atoms with E-state index in [0.717, 1.165) is 17.8 Å². The van der Waals surface area contributed by atoms with Gasteiger partial charge >= 0.3 is 0 Å². The average molecular weight is 358 g/mol. The molecule has 0 aliphatic heterocycles. The fourth-order valence-electron chi connectivity index (χ4n) is 2.28. The summed E-state index contributed by atoms with van der Waals surface area (Å²) < 4.78 is 37.2. The van der Waals surface area contributed by atoms with Crippen molar-refractivity contribution < 1.29 is 18.3 Å². The van der Waals surface area contributed by atoms with Gasteiger partial charge in [-0.15, -0.1) is 0 Å². The van der Waals surface area contributed by atoms with Gasteiger partial charge in [-0.2, -0.15) is 0 Å². The summed E-state index contributed by atoms with van der Waals surface area (Å²) in [6.07, 6.45) is 1.33. The van der Waals surface area contributed by atoms with Crippen LogP contribution in [0.15, 0.2) is 48.8 Å². The standard InChI is InChI=1S/C18H16F2N4O2/c1-25-15-6-4-12(8-16(15)26-2)23-17-9-18(22-10-21-17)24-14-5-3-11(19)7-13(14)20/h3-10H,1-2H3,(H2,21,22,23,24). The zero-order valence-electron chi connectivity index (χ0n) is 14.1. The molecular weight excluding hydrogens is 342 g/mol. The Bertz CT molecular complexity index is 921. The van der Waals surface area contributed by atoms with Crippen LogP contribution in [-0.2, 0) is 0 Å². The molecule has 2 N–H and O–H groups in total. The molecule has 3 aromatic rings. The third-order valence-corrected chi connectivity index (χ3v) is 3.52. The number of methoxy groups -OCH3 is 2. The molecule has 1 aromatic heterocycles. The first-order valence-electron chi connectivity index (χ1n) is 7.62. The molecule has 3 rings (SSSR count). The van der Waals surface area contributed by atoms with Crippen molar-refractivity contribution in [1.29, 1.82) is 0 Å². The van der Waals surface area contributed by atoms with Gasteiger partial charge in [0.1, 0.15) is 29.6 Å². The first-order valence-corrected chi connectivity index (χ1v) is 7.62. The van der Waals surface area contributed by atoms with Gasteiger partial charge in [-0.3, -0.25) is 0 Å². The van der Waals surface area contributed by atoms with Crippen LogP contribution in [0.2, 0.25) is 0 Å². The van der Waals surface area contributed by atoms with Crippen molar-refractivity contribution in [3.05, 3.63) is 60.4 Å². The van der Waals surface area contributed by atoms with Crippen molar-refractivity contribution in [2.24, 2.45) is 0 Å². The molecule has 0 unspecified atom stereocenters. The lowest BCUT2D eigenvalue weighted by molar-refractivity contribution is 0.355. The van der Waals surface area contributed by atoms with E-state index in [1.54, 1.807) is 38.5 Å². The van der Waals surface area contributed by atoms with E-state index in [0.29, 0.717) is 23.1 Å². The van der Waals surface area contributed by atoms with Gasteiger partial charge in [0.05, 0.1) is 19.9 Å². The Morgan fingerprint density at radius 3 is 2.23 bits per heavy atom. The SMILES string of the molecule is COc1ccc(Nc2cc(Nc3ccc(F)cc3F)ncn2)cc1OC. The zero-order chi connectivity index (χ0) is 18.5. The Morgan fingerprint density at radius 2 is 1.54 bits per heavy atom. The van der Waals surface area contributed by atoms with E-state index in [1.165, 1.54) is 12.4 Å². The molecule has 0 aliphatic rings. The molecule has 0 fully saturated rings. The van der Waals surface area contributed by atoms with Crippen molar-refractivity contribution in [3.8, 4) is 11.5 Å². The van der Waals surface area contributed by atoms with Gasteiger partial charge in [0.15, 0.2) is 11.5 Å². The molecule has 0 atom stereocenters. The number of rotatable bonds is 6. The number of hydrogen-bond donors (Lipinski definition) is 2. The second-order valence-corrected chi connectivity index (χ2v) is 5.23. The van der Waals surface area contributed by atoms with Gasteiger partial charge in [-0.1, -0.05) is 0 Å². The lowest BCUT2D eigenvalue weighted by atomic mass is 10.2. The summed E-state index contributed by atoms with van der Waals surface area (Å²) in [7, 11) is 3.10. The lowest BCUT2D eigenvalue weighted by Crippen LogP contribution is -2.00. The molecule has 0 aliphatic carbocycles. The number of nitrogens with zero attached hydrogens (tertiary/aromatic N) is 2. The number of hydrogen-bond acceptors (Lipinski definition) is 6. The molecule has 0 spiro atoms. The minimum Gasteiger partial charge on any atom is -0.493 e. The fraction of sp³-hybridized carbons (Fsp3) is 0.111. The predicted octanol–water partition coefficient (Wildman–Crippen LogP) is 4.26. The van der Waals surface area contributed by atoms with Crippen LogP contribution in [0.5, 0.6) is 11.5 Å². The van der Waals surface area contributed by atoms with Gasteiger partial charge < -0.3 is 20.1 Å². The highest BCUT2D eigenvalue weighted by atomic mass is 19.1. The largest absolute Gasteiger partial charge is 0.493 e. The van der Waals surface area contributed by atoms with E-state index in [2.05, 4.69) is 20.6 Å². The monoisotopic (exact) mass is 358 g/mol. The zero-order valence-corrected chi connectivity index (χ0v) is 14.1. The first kappa shape index (κ1) is 17.4. The second kappa shape index (κ2) is 7.64. The Balaban J connectivity index is 1.79. The van der Waals surface area contributed by atoms with Crippen molar-refractivity contribution >= 4 is 23.0 Å². The number of aromatic nitrogens is 2. The van der Waals surface area contributed by atoms with Crippen LogP contribution >= 0.6 is 0 Å². The summed E-state index contributed by atoms with van der Waals surface area (Å²) in [4.78, 5) is 8.16. The van der Waals surface area contributed by atoms with Gasteiger partial charge in [0.2, 0.25) is 0 Å². The maximum absolute atomic E-state index is 13.8. The second-order valence-electron chi connectivity index (χ2n) is 5.23. The van der Waals surface area contributed by atoms with E-state index in [4.69, 9.17) is 9.47 Å². The Kier molecular flexibility index (Phi) is 5.12. The number of benzene rings is 2. The van der Waals surface area contributed by atoms with Crippen LogP contribution in [0.25, 0.3) is 0 Å². The molecule has 26 heavy (non-hydrogen) atoms. The van der Waals surface area contributed by atoms with Crippen molar-refractivity contribution in [3.63, 3.8) is 0 Å². The molecule has 8 heteroatoms. The van der Waals surface area contributed by atoms with Gasteiger partial charge in [0, 0.05) is 23.9 Å². The Labute approximate surface area is 148 Å². The molecule has 0 saturated carbocycles. The van der Waals surface area contributed by atoms with E-state index in [9.17, 15) is 8.78 Å². The molecule has 6 nitrogen and oxygen atoms in total. The van der Waals surface area contributed by atoms with Crippen molar-refractivity contribution in [2.45, 2.75) is 0 Å². The summed E-state index contributed by atoms with van der Waals surface area (Å²) in [5, 5.41) is 5.89. The lowest BCUT2D eigenvalue weighted by Gasteiger charge is -2.12. The Hall–Kier alpha value is -3.42. The Morgan fingerprint density at radius 1 is 0.808 bits per heavy atom. The van der Waals surface area contributed by atoms with Gasteiger partial charge in [-0.25, -0.2) is 18.7 Å². The molecular formula is C18H16F2N4O2. The van der Waals surface area contributed by atoms with Crippen LogP contribution in [0.3, 0.4) is 0 Å². The highest BCUT2D eigenvalue weighted by Crippen LogP contribution is 2.31. The highest BCUT2D eigenvalue weighted by Gasteiger charge is 2.08. The van der Waals surface area contributed by atoms with E-state index >= 15 is 0 Å². The molecule has 0 amide bonds. The summed E-state index contributed by atoms with van der Waals surface area (Å²) >= 11 is 0. The minimum absolute atomic E-state index is 0.113. The third-order valence-electron chi connectivity index (χ3n) is 3.52. The molecule has 2 aromatic carbocycles. The number of anilines is 4. The summed E-state index contributed by atoms with van der Waals surface area (Å²) in [5.74, 6) is 0.656. The van der Waals surface area contributed by atoms with Crippen LogP contribution in [0.1, 0.15) is 0 Å². The van der Waals surface area contributed by atoms with Crippen LogP contribution in [0.4, 0.5) is 31.8 Å². The average Bonchev–Trinajstić information content (AvgIpc) is 2.64. The van der Waals surface area contributed by atoms with E-state index < -0.39 is 11.6 Å². The normalized spacial score (nSPS) is 10.3. The number of nitrogens with one attached hydrogen (secondary N) is 2. The quantitative estimate of drug-likeness (QED) is 0.686. The molecule has 0 saturated heterocycles. The highest BCUT2D eigenvalue weighted by molar-refractivity contribution is 5.65. The smallest absolute Gasteiger partial charge is 0.162 e. The van der Waals surface area contributed by atoms with E-state index in [1.807, 2.05) is 0 Å². The maximum Gasteiger partial charge on any atom is 0.162 e. The topological polar surface area (TPSA) is 68.3 Å². The summed E-state index contributed by atoms with van der Waals surface area (Å²) in [6.45, 7) is 0. The maximum atomic E-state index is 13.8. The first-order chi connectivity index (χ1) is 12.6. The van der Waals surface area contributed by atoms with Crippen molar-refractivity contribution in [1.82, 2.24) is 9.97 Å². The van der Waals surface area contributed by atoms with Crippen LogP contribution in [-0.4, -0.2) is 24.2 Å². The van der Waals surface area contributed by atoms with Gasteiger partial charge in [0.25, 0.3) is 0 Å². The van der Waals surface area contributed by atoms with Crippen molar-refractivity contribution in [2.75, 3.05) is 24.9 Å². The molecule has 1 heterocycles. The fourth-order valence-corrected chi connectivity index (χ4v) is 2.28. The predicted molar refractivity (Wildman–Crippen MR) is 94.5 cm³/mol. The minimum atomic E-state index is -0.710. The van der Waals surface area contributed by atoms with Crippen LogP contribution in [0, 0.1) is 11.6 Å². The summed E-state index contributed by atoms with van der Waals surface area (Å²) in [5.41, 5.74) is 0.836. The third kappa shape index (κ3) is 3.97. The van der Waals surface area contributed by atoms with Crippen LogP contribution < -0.4 is 20.1 Å². The molecule has 0 bridgehead atoms. The number of ether oxygens (including phenoxy) is 2. The summed E-state index contributed by atoms with van der Waals surface area (Å²) in [6, 6.07) is 10.2. The molecule has 0 radical (unpaired) electrons. The molecule has 134 valence electrons.